The number of carbonyl (C=O) groups excluding carboxylic acids is 1. The van der Waals surface area contributed by atoms with Gasteiger partial charge in [-0.25, -0.2) is 4.98 Å². The Morgan fingerprint density at radius 2 is 2.17 bits per heavy atom. The first-order valence-corrected chi connectivity index (χ1v) is 8.76. The highest BCUT2D eigenvalue weighted by Crippen LogP contribution is 2.26. The van der Waals surface area contributed by atoms with E-state index in [1.54, 1.807) is 11.7 Å². The third-order valence-electron chi connectivity index (χ3n) is 5.08. The molecule has 0 radical (unpaired) electrons. The van der Waals surface area contributed by atoms with Gasteiger partial charge in [0.05, 0.1) is 12.5 Å². The summed E-state index contributed by atoms with van der Waals surface area (Å²) >= 11 is 0. The molecule has 0 bridgehead atoms. The Hall–Kier alpha value is -2.18. The smallest absolute Gasteiger partial charge is 0.264 e. The average Bonchev–Trinajstić information content (AvgIpc) is 2.97. The van der Waals surface area contributed by atoms with Crippen molar-refractivity contribution >= 4 is 16.9 Å². The lowest BCUT2D eigenvalue weighted by molar-refractivity contribution is -0.122. The van der Waals surface area contributed by atoms with Gasteiger partial charge in [-0.3, -0.25) is 18.8 Å². The van der Waals surface area contributed by atoms with Crippen molar-refractivity contribution in [3.63, 3.8) is 0 Å². The van der Waals surface area contributed by atoms with Crippen molar-refractivity contribution in [3.8, 4) is 0 Å². The van der Waals surface area contributed by atoms with Crippen LogP contribution in [-0.2, 0) is 18.4 Å². The molecule has 0 spiro atoms. The molecule has 1 aliphatic rings. The number of amides is 1. The molecular formula is C17H25N5O2. The van der Waals surface area contributed by atoms with E-state index >= 15 is 0 Å². The van der Waals surface area contributed by atoms with E-state index in [2.05, 4.69) is 22.3 Å². The summed E-state index contributed by atoms with van der Waals surface area (Å²) in [5.74, 6) is 0.595. The minimum atomic E-state index is -0.148. The Morgan fingerprint density at radius 1 is 1.38 bits per heavy atom. The first-order valence-electron chi connectivity index (χ1n) is 8.76. The van der Waals surface area contributed by atoms with Gasteiger partial charge >= 0.3 is 0 Å². The third kappa shape index (κ3) is 3.34. The zero-order valence-corrected chi connectivity index (χ0v) is 14.4. The van der Waals surface area contributed by atoms with Crippen molar-refractivity contribution in [2.24, 2.45) is 13.0 Å². The zero-order valence-electron chi connectivity index (χ0n) is 14.4. The largest absolute Gasteiger partial charge is 0.353 e. The Kier molecular flexibility index (Phi) is 4.97. The number of nitrogens with zero attached hydrogens (tertiary/aromatic N) is 4. The highest BCUT2D eigenvalue weighted by Gasteiger charge is 2.24. The van der Waals surface area contributed by atoms with Gasteiger partial charge in [-0.15, -0.1) is 0 Å². The Bertz CT molecular complexity index is 779. The summed E-state index contributed by atoms with van der Waals surface area (Å²) < 4.78 is 3.06. The van der Waals surface area contributed by atoms with Crippen LogP contribution in [0, 0.1) is 5.92 Å². The summed E-state index contributed by atoms with van der Waals surface area (Å²) in [5.41, 5.74) is 0.415. The summed E-state index contributed by atoms with van der Waals surface area (Å²) in [6.07, 6.45) is 9.12. The monoisotopic (exact) mass is 331 g/mol. The molecule has 2 atom stereocenters. The van der Waals surface area contributed by atoms with Gasteiger partial charge in [-0.1, -0.05) is 26.2 Å². The molecule has 3 rings (SSSR count). The molecule has 130 valence electrons. The van der Waals surface area contributed by atoms with Crippen molar-refractivity contribution < 1.29 is 4.79 Å². The standard InChI is InChI=1S/C17H25N5O2/c1-3-12-6-4-5-7-14(12)20-15(23)8-9-22-11-18-16-13(17(22)24)10-19-21(16)2/h10-12,14H,3-9H2,1-2H3,(H,20,23). The summed E-state index contributed by atoms with van der Waals surface area (Å²) in [5, 5.41) is 7.69. The summed E-state index contributed by atoms with van der Waals surface area (Å²) in [6, 6.07) is 0.284. The lowest BCUT2D eigenvalue weighted by Crippen LogP contribution is -2.42. The molecule has 2 aromatic rings. The van der Waals surface area contributed by atoms with E-state index in [4.69, 9.17) is 0 Å². The van der Waals surface area contributed by atoms with Crippen LogP contribution in [0.3, 0.4) is 0 Å². The zero-order chi connectivity index (χ0) is 17.1. The quantitative estimate of drug-likeness (QED) is 0.902. The Morgan fingerprint density at radius 3 is 2.96 bits per heavy atom. The molecule has 1 fully saturated rings. The molecule has 2 unspecified atom stereocenters. The van der Waals surface area contributed by atoms with Gasteiger partial charge in [0, 0.05) is 26.1 Å². The summed E-state index contributed by atoms with van der Waals surface area (Å²) in [7, 11) is 1.75. The van der Waals surface area contributed by atoms with Crippen LogP contribution in [-0.4, -0.2) is 31.3 Å². The number of fused-ring (bicyclic) bond motifs is 1. The van der Waals surface area contributed by atoms with E-state index in [-0.39, 0.29) is 17.5 Å². The maximum absolute atomic E-state index is 12.4. The van der Waals surface area contributed by atoms with Crippen LogP contribution >= 0.6 is 0 Å². The molecule has 1 saturated carbocycles. The molecule has 0 saturated heterocycles. The summed E-state index contributed by atoms with van der Waals surface area (Å²) in [6.45, 7) is 2.52. The highest BCUT2D eigenvalue weighted by molar-refractivity contribution is 5.76. The van der Waals surface area contributed by atoms with Crippen LogP contribution in [0.15, 0.2) is 17.3 Å². The van der Waals surface area contributed by atoms with E-state index in [1.165, 1.54) is 36.4 Å². The van der Waals surface area contributed by atoms with Gasteiger partial charge < -0.3 is 5.32 Å². The molecule has 7 nitrogen and oxygen atoms in total. The first-order chi connectivity index (χ1) is 11.6. The highest BCUT2D eigenvalue weighted by atomic mass is 16.2. The number of rotatable bonds is 5. The van der Waals surface area contributed by atoms with Gasteiger partial charge in [-0.2, -0.15) is 5.10 Å². The first kappa shape index (κ1) is 16.7. The second-order valence-corrected chi connectivity index (χ2v) is 6.63. The molecule has 0 aromatic carbocycles. The van der Waals surface area contributed by atoms with Crippen LogP contribution in [0.2, 0.25) is 0 Å². The minimum absolute atomic E-state index is 0.0125. The number of nitrogens with one attached hydrogen (secondary N) is 1. The Labute approximate surface area is 141 Å². The normalized spacial score (nSPS) is 21.1. The van der Waals surface area contributed by atoms with Gasteiger partial charge in [0.1, 0.15) is 5.39 Å². The molecule has 7 heteroatoms. The van der Waals surface area contributed by atoms with Gasteiger partial charge in [-0.05, 0) is 18.8 Å². The van der Waals surface area contributed by atoms with Gasteiger partial charge in [0.15, 0.2) is 5.65 Å². The molecule has 2 aromatic heterocycles. The second-order valence-electron chi connectivity index (χ2n) is 6.63. The predicted octanol–water partition coefficient (Wildman–Crippen LogP) is 1.61. The second kappa shape index (κ2) is 7.15. The lowest BCUT2D eigenvalue weighted by atomic mass is 9.83. The van der Waals surface area contributed by atoms with Crippen LogP contribution < -0.4 is 10.9 Å². The van der Waals surface area contributed by atoms with Crippen LogP contribution in [0.1, 0.15) is 45.4 Å². The third-order valence-corrected chi connectivity index (χ3v) is 5.08. The number of hydrogen-bond donors (Lipinski definition) is 1. The van der Waals surface area contributed by atoms with Crippen molar-refractivity contribution in [1.29, 1.82) is 0 Å². The van der Waals surface area contributed by atoms with Crippen LogP contribution in [0.25, 0.3) is 11.0 Å². The van der Waals surface area contributed by atoms with E-state index in [9.17, 15) is 9.59 Å². The summed E-state index contributed by atoms with van der Waals surface area (Å²) in [4.78, 5) is 28.9. The SMILES string of the molecule is CCC1CCCCC1NC(=O)CCn1cnc2c(cnn2C)c1=O. The molecule has 1 amide bonds. The van der Waals surface area contributed by atoms with Crippen LogP contribution in [0.4, 0.5) is 0 Å². The molecule has 1 N–H and O–H groups in total. The fraction of sp³-hybridized carbons (Fsp3) is 0.647. The van der Waals surface area contributed by atoms with E-state index in [0.29, 0.717) is 29.9 Å². The molecular weight excluding hydrogens is 306 g/mol. The molecule has 24 heavy (non-hydrogen) atoms. The van der Waals surface area contributed by atoms with E-state index < -0.39 is 0 Å². The fourth-order valence-electron chi connectivity index (χ4n) is 3.61. The van der Waals surface area contributed by atoms with Crippen LogP contribution in [0.5, 0.6) is 0 Å². The fourth-order valence-corrected chi connectivity index (χ4v) is 3.61. The van der Waals surface area contributed by atoms with Gasteiger partial charge in [0.25, 0.3) is 5.56 Å². The molecule has 0 aliphatic heterocycles. The number of hydrogen-bond acceptors (Lipinski definition) is 4. The van der Waals surface area contributed by atoms with Crippen molar-refractivity contribution in [1.82, 2.24) is 24.6 Å². The molecule has 1 aliphatic carbocycles. The lowest BCUT2D eigenvalue weighted by Gasteiger charge is -2.31. The number of aromatic nitrogens is 4. The Balaban J connectivity index is 1.62. The van der Waals surface area contributed by atoms with Gasteiger partial charge in [0.2, 0.25) is 5.91 Å². The number of carbonyl (C=O) groups is 1. The maximum atomic E-state index is 12.4. The van der Waals surface area contributed by atoms with E-state index in [0.717, 1.165) is 12.8 Å². The van der Waals surface area contributed by atoms with Crippen molar-refractivity contribution in [3.05, 3.63) is 22.9 Å². The minimum Gasteiger partial charge on any atom is -0.353 e. The average molecular weight is 331 g/mol. The maximum Gasteiger partial charge on any atom is 0.264 e. The van der Waals surface area contributed by atoms with Crippen molar-refractivity contribution in [2.45, 2.75) is 58.0 Å². The number of aryl methyl sites for hydroxylation is 2. The van der Waals surface area contributed by atoms with Crippen molar-refractivity contribution in [2.75, 3.05) is 0 Å². The molecule has 2 heterocycles. The van der Waals surface area contributed by atoms with E-state index in [1.807, 2.05) is 0 Å². The topological polar surface area (TPSA) is 81.8 Å². The predicted molar refractivity (Wildman–Crippen MR) is 91.6 cm³/mol.